The number of para-hydroxylation sites is 2. The van der Waals surface area contributed by atoms with Crippen molar-refractivity contribution in [3.05, 3.63) is 124 Å². The van der Waals surface area contributed by atoms with Crippen molar-refractivity contribution in [3.8, 4) is 23.0 Å². The van der Waals surface area contributed by atoms with Gasteiger partial charge in [-0.25, -0.2) is 0 Å². The minimum atomic E-state index is -0.634. The number of benzene rings is 5. The summed E-state index contributed by atoms with van der Waals surface area (Å²) in [6.45, 7) is 0.283. The zero-order chi connectivity index (χ0) is 53.0. The summed E-state index contributed by atoms with van der Waals surface area (Å²) >= 11 is 0. The second kappa shape index (κ2) is 21.9. The Balaban J connectivity index is 0.824. The SMILES string of the molecule is COc1cc2c(cc1OCc1cc(COc3cc4c(cc3OC)C(=O)N3c5ccccc5C[C@H]3C=N4)cc(NC(=O)CNC(=O)CNC(=O)CNC(=O)C3CCC(C(C)=O)CC3)c1)N=C[C@@H]1Cc3ccccc3N1C2=O. The van der Waals surface area contributed by atoms with Gasteiger partial charge in [-0.1, -0.05) is 36.4 Å². The van der Waals surface area contributed by atoms with Gasteiger partial charge in [0, 0.05) is 66.3 Å². The predicted molar refractivity (Wildman–Crippen MR) is 283 cm³/mol. The molecule has 390 valence electrons. The number of hydrogen-bond donors (Lipinski definition) is 4. The summed E-state index contributed by atoms with van der Waals surface area (Å²) in [5.41, 5.74) is 6.89. The normalized spacial score (nSPS) is 18.6. The van der Waals surface area contributed by atoms with Crippen LogP contribution in [0.3, 0.4) is 0 Å². The van der Waals surface area contributed by atoms with Crippen LogP contribution in [0.25, 0.3) is 0 Å². The Hall–Kier alpha value is -8.87. The molecule has 5 aliphatic rings. The number of nitrogens with zero attached hydrogens (tertiary/aromatic N) is 4. The molecule has 4 aliphatic heterocycles. The zero-order valence-electron chi connectivity index (χ0n) is 42.2. The van der Waals surface area contributed by atoms with Crippen LogP contribution in [0, 0.1) is 11.8 Å². The van der Waals surface area contributed by atoms with Crippen molar-refractivity contribution in [1.29, 1.82) is 0 Å². The lowest BCUT2D eigenvalue weighted by Crippen LogP contribution is -2.44. The fourth-order valence-electron chi connectivity index (χ4n) is 10.5. The molecule has 6 amide bonds. The van der Waals surface area contributed by atoms with E-state index in [0.29, 0.717) is 101 Å². The minimum Gasteiger partial charge on any atom is -0.493 e. The Labute approximate surface area is 438 Å². The molecule has 5 aromatic rings. The molecular formula is C57H56N8O11. The van der Waals surface area contributed by atoms with Gasteiger partial charge in [0.05, 0.1) is 68.4 Å². The van der Waals surface area contributed by atoms with Crippen LogP contribution in [0.4, 0.5) is 28.4 Å². The van der Waals surface area contributed by atoms with E-state index in [4.69, 9.17) is 28.9 Å². The lowest BCUT2D eigenvalue weighted by atomic mass is 9.80. The number of Topliss-reactive ketones (excluding diaryl/α,β-unsaturated/α-hetero) is 1. The third-order valence-corrected chi connectivity index (χ3v) is 14.4. The summed E-state index contributed by atoms with van der Waals surface area (Å²) in [5, 5.41) is 10.4. The first kappa shape index (κ1) is 50.7. The van der Waals surface area contributed by atoms with E-state index >= 15 is 0 Å². The molecular weight excluding hydrogens is 973 g/mol. The summed E-state index contributed by atoms with van der Waals surface area (Å²) < 4.78 is 24.3. The van der Waals surface area contributed by atoms with Gasteiger partial charge in [0.25, 0.3) is 11.8 Å². The predicted octanol–water partition coefficient (Wildman–Crippen LogP) is 6.12. The van der Waals surface area contributed by atoms with Crippen LogP contribution in [0.1, 0.15) is 75.6 Å². The molecule has 1 fully saturated rings. The van der Waals surface area contributed by atoms with Crippen molar-refractivity contribution in [2.45, 2.75) is 70.7 Å². The monoisotopic (exact) mass is 1030 g/mol. The fourth-order valence-corrected chi connectivity index (χ4v) is 10.5. The van der Waals surface area contributed by atoms with Gasteiger partial charge in [0.2, 0.25) is 23.6 Å². The van der Waals surface area contributed by atoms with Crippen LogP contribution in [0.2, 0.25) is 0 Å². The van der Waals surface area contributed by atoms with Crippen LogP contribution in [-0.2, 0) is 50.0 Å². The smallest absolute Gasteiger partial charge is 0.261 e. The third-order valence-electron chi connectivity index (χ3n) is 14.4. The van der Waals surface area contributed by atoms with E-state index in [9.17, 15) is 33.6 Å². The summed E-state index contributed by atoms with van der Waals surface area (Å²) in [6.07, 6.45) is 7.22. The van der Waals surface area contributed by atoms with Crippen molar-refractivity contribution >= 4 is 82.1 Å². The molecule has 0 radical (unpaired) electrons. The average Bonchev–Trinajstić information content (AvgIpc) is 3.96. The van der Waals surface area contributed by atoms with Crippen LogP contribution in [0.15, 0.2) is 101 Å². The number of amides is 6. The third kappa shape index (κ3) is 10.7. The quantitative estimate of drug-likeness (QED) is 0.0828. The number of hydrogen-bond acceptors (Lipinski definition) is 13. The Morgan fingerprint density at radius 2 is 1.03 bits per heavy atom. The van der Waals surface area contributed by atoms with Crippen molar-refractivity contribution in [3.63, 3.8) is 0 Å². The van der Waals surface area contributed by atoms with Gasteiger partial charge in [-0.2, -0.15) is 0 Å². The lowest BCUT2D eigenvalue weighted by molar-refractivity contribution is -0.131. The number of aliphatic imine (C=N–C) groups is 2. The minimum absolute atomic E-state index is 0.0341. The molecule has 5 aromatic carbocycles. The van der Waals surface area contributed by atoms with Crippen LogP contribution in [0.5, 0.6) is 23.0 Å². The molecule has 19 heteroatoms. The maximum atomic E-state index is 14.1. The highest BCUT2D eigenvalue weighted by atomic mass is 16.5. The molecule has 2 atom stereocenters. The van der Waals surface area contributed by atoms with Crippen LogP contribution >= 0.6 is 0 Å². The molecule has 4 N–H and O–H groups in total. The highest BCUT2D eigenvalue weighted by molar-refractivity contribution is 6.16. The maximum Gasteiger partial charge on any atom is 0.261 e. The standard InChI is InChI=1S/C57H56N8O11/c1-32(66)35-12-14-36(15-13-35)55(70)62-28-53(68)60-27-52(67)61-29-54(69)63-39-17-33(30-75-50-23-44-42(21-48(50)73-2)56(71)64-40(25-58-44)19-37-8-4-6-10-46(37)64)16-34(18-39)31-76-51-24-45-43(22-49(51)74-3)57(72)65-41(26-59-45)20-38-9-5-7-11-47(38)65/h4-11,16-18,21-26,35-36,40-41H,12-15,19-20,27-31H2,1-3H3,(H,60,68)(H,61,67)(H,62,70)(H,63,69)/t35?,36?,40-,41-/m0/s1. The van der Waals surface area contributed by atoms with Gasteiger partial charge >= 0.3 is 0 Å². The van der Waals surface area contributed by atoms with Gasteiger partial charge < -0.3 is 40.2 Å². The topological polar surface area (TPSA) is 236 Å². The molecule has 0 spiro atoms. The van der Waals surface area contributed by atoms with Crippen LogP contribution in [-0.4, -0.2) is 99.6 Å². The second-order valence-electron chi connectivity index (χ2n) is 19.3. The Bertz CT molecular complexity index is 3080. The first-order valence-electron chi connectivity index (χ1n) is 25.2. The number of anilines is 3. The van der Waals surface area contributed by atoms with E-state index in [1.165, 1.54) is 14.2 Å². The number of carbonyl (C=O) groups excluding carboxylic acids is 7. The Morgan fingerprint density at radius 1 is 0.566 bits per heavy atom. The average molecular weight is 1030 g/mol. The van der Waals surface area contributed by atoms with E-state index < -0.39 is 30.8 Å². The first-order valence-corrected chi connectivity index (χ1v) is 25.2. The number of ether oxygens (including phenoxy) is 4. The van der Waals surface area contributed by atoms with Gasteiger partial charge in [0.1, 0.15) is 19.0 Å². The molecule has 0 bridgehead atoms. The number of ketones is 1. The van der Waals surface area contributed by atoms with E-state index in [1.54, 1.807) is 65.6 Å². The van der Waals surface area contributed by atoms with Gasteiger partial charge in [-0.15, -0.1) is 0 Å². The molecule has 10 rings (SSSR count). The summed E-state index contributed by atoms with van der Waals surface area (Å²) in [6, 6.07) is 26.9. The number of carbonyl (C=O) groups is 7. The molecule has 1 aliphatic carbocycles. The highest BCUT2D eigenvalue weighted by Crippen LogP contribution is 2.43. The van der Waals surface area contributed by atoms with E-state index in [2.05, 4.69) is 21.3 Å². The summed E-state index contributed by atoms with van der Waals surface area (Å²) in [4.78, 5) is 104. The maximum absolute atomic E-state index is 14.1. The highest BCUT2D eigenvalue weighted by Gasteiger charge is 2.38. The van der Waals surface area contributed by atoms with Gasteiger partial charge in [-0.3, -0.25) is 53.3 Å². The lowest BCUT2D eigenvalue weighted by Gasteiger charge is -2.26. The van der Waals surface area contributed by atoms with Crippen molar-refractivity contribution in [2.75, 3.05) is 49.0 Å². The number of methoxy groups -OCH3 is 2. The molecule has 4 heterocycles. The molecule has 0 aromatic heterocycles. The van der Waals surface area contributed by atoms with E-state index in [-0.39, 0.29) is 67.2 Å². The summed E-state index contributed by atoms with van der Waals surface area (Å²) in [5.74, 6) is -1.42. The second-order valence-corrected chi connectivity index (χ2v) is 19.3. The van der Waals surface area contributed by atoms with Gasteiger partial charge in [-0.05, 0) is 97.3 Å². The molecule has 76 heavy (non-hydrogen) atoms. The first-order chi connectivity index (χ1) is 36.8. The molecule has 0 unspecified atom stereocenters. The van der Waals surface area contributed by atoms with E-state index in [0.717, 1.165) is 22.5 Å². The number of fused-ring (bicyclic) bond motifs is 8. The number of nitrogens with one attached hydrogen (secondary N) is 4. The van der Waals surface area contributed by atoms with E-state index in [1.807, 2.05) is 54.6 Å². The largest absolute Gasteiger partial charge is 0.493 e. The number of rotatable bonds is 17. The Kier molecular flexibility index (Phi) is 14.6. The summed E-state index contributed by atoms with van der Waals surface area (Å²) in [7, 11) is 2.97. The van der Waals surface area contributed by atoms with Crippen LogP contribution < -0.4 is 50.0 Å². The molecule has 19 nitrogen and oxygen atoms in total. The zero-order valence-corrected chi connectivity index (χ0v) is 42.2. The fraction of sp³-hybridized carbons (Fsp3) is 0.316. The molecule has 1 saturated carbocycles. The molecule has 0 saturated heterocycles. The van der Waals surface area contributed by atoms with Crippen molar-refractivity contribution < 1.29 is 52.5 Å². The van der Waals surface area contributed by atoms with Gasteiger partial charge in [0.15, 0.2) is 23.0 Å². The van der Waals surface area contributed by atoms with Crippen molar-refractivity contribution in [1.82, 2.24) is 16.0 Å². The Morgan fingerprint density at radius 3 is 1.51 bits per heavy atom. The van der Waals surface area contributed by atoms with Crippen molar-refractivity contribution in [2.24, 2.45) is 21.8 Å².